The summed E-state index contributed by atoms with van der Waals surface area (Å²) in [6.07, 6.45) is 5.99. The number of hydrogen-bond acceptors (Lipinski definition) is 6. The molecule has 0 aliphatic heterocycles. The summed E-state index contributed by atoms with van der Waals surface area (Å²) in [5.74, 6) is -0.204. The summed E-state index contributed by atoms with van der Waals surface area (Å²) >= 11 is 0. The van der Waals surface area contributed by atoms with Crippen molar-refractivity contribution in [3.63, 3.8) is 0 Å². The standard InChI is InChI=1S/C17H22O6S/c1-6-17(3,7-2)22-15-12-13(9-11-16(18)21-4)8-10-14(15)23-24(5,19)20/h6,8-12H,1,7H2,2-5H3/b11-9+. The summed E-state index contributed by atoms with van der Waals surface area (Å²) < 4.78 is 38.2. The number of methoxy groups -OCH3 is 1. The van der Waals surface area contributed by atoms with Gasteiger partial charge in [0, 0.05) is 6.08 Å². The van der Waals surface area contributed by atoms with E-state index in [-0.39, 0.29) is 11.5 Å². The van der Waals surface area contributed by atoms with Gasteiger partial charge in [-0.3, -0.25) is 0 Å². The molecule has 0 N–H and O–H groups in total. The van der Waals surface area contributed by atoms with Gasteiger partial charge in [-0.2, -0.15) is 8.42 Å². The van der Waals surface area contributed by atoms with Crippen LogP contribution in [0.2, 0.25) is 0 Å². The number of rotatable bonds is 8. The Balaban J connectivity index is 3.28. The Morgan fingerprint density at radius 1 is 1.33 bits per heavy atom. The second-order valence-corrected chi connectivity index (χ2v) is 6.90. The largest absolute Gasteiger partial charge is 0.480 e. The Labute approximate surface area is 142 Å². The average molecular weight is 354 g/mol. The van der Waals surface area contributed by atoms with E-state index in [4.69, 9.17) is 8.92 Å². The zero-order valence-electron chi connectivity index (χ0n) is 14.2. The van der Waals surface area contributed by atoms with E-state index in [1.54, 1.807) is 18.2 Å². The van der Waals surface area contributed by atoms with Crippen LogP contribution in [0.1, 0.15) is 25.8 Å². The fourth-order valence-electron chi connectivity index (χ4n) is 1.68. The third kappa shape index (κ3) is 6.08. The molecule has 6 nitrogen and oxygen atoms in total. The first-order chi connectivity index (χ1) is 11.1. The summed E-state index contributed by atoms with van der Waals surface area (Å²) in [5.41, 5.74) is -0.0703. The summed E-state index contributed by atoms with van der Waals surface area (Å²) in [6.45, 7) is 7.47. The van der Waals surface area contributed by atoms with Crippen LogP contribution in [0.4, 0.5) is 0 Å². The van der Waals surface area contributed by atoms with Crippen LogP contribution in [0.5, 0.6) is 11.5 Å². The summed E-state index contributed by atoms with van der Waals surface area (Å²) in [7, 11) is -2.43. The first kappa shape index (κ1) is 19.8. The summed E-state index contributed by atoms with van der Waals surface area (Å²) in [5, 5.41) is 0. The highest BCUT2D eigenvalue weighted by Crippen LogP contribution is 2.34. The molecule has 1 aromatic rings. The van der Waals surface area contributed by atoms with Crippen molar-refractivity contribution in [1.29, 1.82) is 0 Å². The third-order valence-electron chi connectivity index (χ3n) is 3.30. The Morgan fingerprint density at radius 3 is 2.50 bits per heavy atom. The van der Waals surface area contributed by atoms with E-state index in [1.165, 1.54) is 25.3 Å². The van der Waals surface area contributed by atoms with E-state index in [2.05, 4.69) is 11.3 Å². The molecule has 0 aromatic heterocycles. The molecule has 0 spiro atoms. The Bertz CT molecular complexity index is 735. The first-order valence-corrected chi connectivity index (χ1v) is 9.06. The van der Waals surface area contributed by atoms with Gasteiger partial charge in [0.2, 0.25) is 0 Å². The minimum atomic E-state index is -3.71. The molecule has 1 aromatic carbocycles. The van der Waals surface area contributed by atoms with Gasteiger partial charge in [-0.25, -0.2) is 4.79 Å². The van der Waals surface area contributed by atoms with E-state index in [9.17, 15) is 13.2 Å². The van der Waals surface area contributed by atoms with Crippen LogP contribution in [0.3, 0.4) is 0 Å². The normalized spacial score (nSPS) is 14.0. The molecule has 0 aliphatic carbocycles. The van der Waals surface area contributed by atoms with Crippen molar-refractivity contribution in [1.82, 2.24) is 0 Å². The lowest BCUT2D eigenvalue weighted by molar-refractivity contribution is -0.134. The minimum absolute atomic E-state index is 0.0641. The van der Waals surface area contributed by atoms with Gasteiger partial charge in [-0.15, -0.1) is 0 Å². The average Bonchev–Trinajstić information content (AvgIpc) is 2.53. The highest BCUT2D eigenvalue weighted by molar-refractivity contribution is 7.86. The van der Waals surface area contributed by atoms with Crippen molar-refractivity contribution in [2.75, 3.05) is 13.4 Å². The zero-order chi connectivity index (χ0) is 18.4. The van der Waals surface area contributed by atoms with Crippen LogP contribution in [-0.2, 0) is 19.6 Å². The topological polar surface area (TPSA) is 78.9 Å². The molecule has 0 aliphatic rings. The van der Waals surface area contributed by atoms with Crippen LogP contribution in [0.25, 0.3) is 6.08 Å². The highest BCUT2D eigenvalue weighted by Gasteiger charge is 2.23. The van der Waals surface area contributed by atoms with Crippen molar-refractivity contribution >= 4 is 22.2 Å². The van der Waals surface area contributed by atoms with E-state index in [0.717, 1.165) is 6.26 Å². The Kier molecular flexibility index (Phi) is 6.60. The third-order valence-corrected chi connectivity index (χ3v) is 3.78. The van der Waals surface area contributed by atoms with Gasteiger partial charge in [0.05, 0.1) is 13.4 Å². The number of carbonyl (C=O) groups is 1. The molecule has 0 saturated heterocycles. The molecule has 0 radical (unpaired) electrons. The van der Waals surface area contributed by atoms with E-state index < -0.39 is 21.7 Å². The van der Waals surface area contributed by atoms with Gasteiger partial charge < -0.3 is 13.7 Å². The molecule has 1 unspecified atom stereocenters. The van der Waals surface area contributed by atoms with Gasteiger partial charge >= 0.3 is 16.1 Å². The van der Waals surface area contributed by atoms with Crippen molar-refractivity contribution in [3.05, 3.63) is 42.5 Å². The van der Waals surface area contributed by atoms with Gasteiger partial charge in [0.25, 0.3) is 0 Å². The second kappa shape index (κ2) is 8.01. The first-order valence-electron chi connectivity index (χ1n) is 7.24. The molecule has 7 heteroatoms. The van der Waals surface area contributed by atoms with E-state index in [0.29, 0.717) is 12.0 Å². The lowest BCUT2D eigenvalue weighted by Crippen LogP contribution is -2.28. The molecule has 0 bridgehead atoms. The van der Waals surface area contributed by atoms with Crippen molar-refractivity contribution in [2.45, 2.75) is 25.9 Å². The SMILES string of the molecule is C=CC(C)(CC)Oc1cc(/C=C/C(=O)OC)ccc1OS(C)(=O)=O. The zero-order valence-corrected chi connectivity index (χ0v) is 15.1. The molecular formula is C17H22O6S. The molecule has 1 rings (SSSR count). The van der Waals surface area contributed by atoms with Crippen LogP contribution in [0, 0.1) is 0 Å². The van der Waals surface area contributed by atoms with Crippen LogP contribution in [-0.4, -0.2) is 33.4 Å². The van der Waals surface area contributed by atoms with Crippen LogP contribution >= 0.6 is 0 Å². The predicted molar refractivity (Wildman–Crippen MR) is 92.5 cm³/mol. The maximum absolute atomic E-state index is 11.4. The second-order valence-electron chi connectivity index (χ2n) is 5.32. The van der Waals surface area contributed by atoms with Gasteiger partial charge in [-0.05, 0) is 43.2 Å². The van der Waals surface area contributed by atoms with E-state index >= 15 is 0 Å². The molecule has 0 amide bonds. The highest BCUT2D eigenvalue weighted by atomic mass is 32.2. The van der Waals surface area contributed by atoms with Crippen molar-refractivity contribution in [2.24, 2.45) is 0 Å². The smallest absolute Gasteiger partial charge is 0.330 e. The van der Waals surface area contributed by atoms with Crippen LogP contribution in [0.15, 0.2) is 36.9 Å². The predicted octanol–water partition coefficient (Wildman–Crippen LogP) is 2.94. The molecule has 0 saturated carbocycles. The monoisotopic (exact) mass is 354 g/mol. The van der Waals surface area contributed by atoms with Gasteiger partial charge in [0.15, 0.2) is 11.5 Å². The number of carbonyl (C=O) groups excluding carboxylic acids is 1. The molecular weight excluding hydrogens is 332 g/mol. The number of benzene rings is 1. The lowest BCUT2D eigenvalue weighted by atomic mass is 10.0. The number of ether oxygens (including phenoxy) is 2. The maximum atomic E-state index is 11.4. The van der Waals surface area contributed by atoms with Crippen molar-refractivity contribution < 1.29 is 26.9 Å². The summed E-state index contributed by atoms with van der Waals surface area (Å²) in [4.78, 5) is 11.2. The Hall–Kier alpha value is -2.28. The van der Waals surface area contributed by atoms with Gasteiger partial charge in [0.1, 0.15) is 5.60 Å². The quantitative estimate of drug-likeness (QED) is 0.309. The molecule has 0 fully saturated rings. The number of hydrogen-bond donors (Lipinski definition) is 0. The number of esters is 1. The van der Waals surface area contributed by atoms with Crippen LogP contribution < -0.4 is 8.92 Å². The van der Waals surface area contributed by atoms with Crippen molar-refractivity contribution in [3.8, 4) is 11.5 Å². The minimum Gasteiger partial charge on any atom is -0.480 e. The fourth-order valence-corrected chi connectivity index (χ4v) is 2.15. The van der Waals surface area contributed by atoms with Gasteiger partial charge in [-0.1, -0.05) is 19.6 Å². The summed E-state index contributed by atoms with van der Waals surface area (Å²) in [6, 6.07) is 4.65. The molecule has 24 heavy (non-hydrogen) atoms. The molecule has 1 atom stereocenters. The Morgan fingerprint density at radius 2 is 2.00 bits per heavy atom. The molecule has 132 valence electrons. The lowest BCUT2D eigenvalue weighted by Gasteiger charge is -2.27. The maximum Gasteiger partial charge on any atom is 0.330 e. The molecule has 0 heterocycles. The van der Waals surface area contributed by atoms with E-state index in [1.807, 2.05) is 13.8 Å². The fraction of sp³-hybridized carbons (Fsp3) is 0.353.